The Bertz CT molecular complexity index is 513. The van der Waals surface area contributed by atoms with Crippen LogP contribution in [-0.4, -0.2) is 16.0 Å². The maximum atomic E-state index is 5.76. The molecule has 0 aliphatic carbocycles. The van der Waals surface area contributed by atoms with E-state index < -0.39 is 0 Å². The van der Waals surface area contributed by atoms with Gasteiger partial charge < -0.3 is 16.0 Å². The lowest BCUT2D eigenvalue weighted by molar-refractivity contribution is 0.436. The molecule has 0 fully saturated rings. The predicted octanol–water partition coefficient (Wildman–Crippen LogP) is 3.38. The molecule has 0 bridgehead atoms. The first-order valence-electron chi connectivity index (χ1n) is 6.65. The van der Waals surface area contributed by atoms with Crippen molar-refractivity contribution in [1.82, 2.24) is 9.97 Å². The van der Waals surface area contributed by atoms with E-state index in [-0.39, 0.29) is 0 Å². The summed E-state index contributed by atoms with van der Waals surface area (Å²) in [6.45, 7) is 6.66. The van der Waals surface area contributed by atoms with Crippen LogP contribution in [0.15, 0.2) is 18.2 Å². The van der Waals surface area contributed by atoms with Gasteiger partial charge in [-0.3, -0.25) is 0 Å². The maximum absolute atomic E-state index is 5.76. The van der Waals surface area contributed by atoms with Crippen LogP contribution >= 0.6 is 0 Å². The van der Waals surface area contributed by atoms with Gasteiger partial charge in [0.25, 0.3) is 0 Å². The Labute approximate surface area is 108 Å². The minimum atomic E-state index is 0.415. The SMILES string of the molecule is CCC(CC)C(C)Nc1nc2ccc(N)cc2[nH]1. The summed E-state index contributed by atoms with van der Waals surface area (Å²) in [6, 6.07) is 6.14. The smallest absolute Gasteiger partial charge is 0.201 e. The molecule has 0 spiro atoms. The summed E-state index contributed by atoms with van der Waals surface area (Å²) in [7, 11) is 0. The number of nitrogens with two attached hydrogens (primary N) is 1. The second-order valence-electron chi connectivity index (χ2n) is 4.87. The van der Waals surface area contributed by atoms with E-state index in [1.165, 1.54) is 12.8 Å². The van der Waals surface area contributed by atoms with Crippen molar-refractivity contribution in [2.24, 2.45) is 5.92 Å². The Kier molecular flexibility index (Phi) is 3.75. The van der Waals surface area contributed by atoms with Crippen LogP contribution in [0.2, 0.25) is 0 Å². The van der Waals surface area contributed by atoms with Crippen molar-refractivity contribution < 1.29 is 0 Å². The highest BCUT2D eigenvalue weighted by Crippen LogP contribution is 2.20. The fourth-order valence-electron chi connectivity index (χ4n) is 2.42. The van der Waals surface area contributed by atoms with Crippen LogP contribution in [0.25, 0.3) is 11.0 Å². The molecule has 0 amide bonds. The number of nitrogens with zero attached hydrogens (tertiary/aromatic N) is 1. The van der Waals surface area contributed by atoms with Crippen molar-refractivity contribution in [1.29, 1.82) is 0 Å². The zero-order valence-electron chi connectivity index (χ0n) is 11.3. The summed E-state index contributed by atoms with van der Waals surface area (Å²) in [4.78, 5) is 7.79. The maximum Gasteiger partial charge on any atom is 0.201 e. The fraction of sp³-hybridized carbons (Fsp3) is 0.500. The van der Waals surface area contributed by atoms with Crippen LogP contribution < -0.4 is 11.1 Å². The van der Waals surface area contributed by atoms with Crippen molar-refractivity contribution in [3.8, 4) is 0 Å². The molecular formula is C14H22N4. The number of aromatic nitrogens is 2. The van der Waals surface area contributed by atoms with Crippen molar-refractivity contribution in [2.45, 2.75) is 39.7 Å². The monoisotopic (exact) mass is 246 g/mol. The molecule has 2 rings (SSSR count). The van der Waals surface area contributed by atoms with Gasteiger partial charge in [-0.05, 0) is 31.0 Å². The average molecular weight is 246 g/mol. The Morgan fingerprint density at radius 1 is 1.33 bits per heavy atom. The molecule has 18 heavy (non-hydrogen) atoms. The van der Waals surface area contributed by atoms with E-state index in [0.29, 0.717) is 12.0 Å². The number of hydrogen-bond donors (Lipinski definition) is 3. The molecule has 4 nitrogen and oxygen atoms in total. The highest BCUT2D eigenvalue weighted by molar-refractivity contribution is 5.80. The Hall–Kier alpha value is -1.71. The summed E-state index contributed by atoms with van der Waals surface area (Å²) in [5.74, 6) is 1.50. The number of fused-ring (bicyclic) bond motifs is 1. The van der Waals surface area contributed by atoms with E-state index in [9.17, 15) is 0 Å². The molecule has 98 valence electrons. The van der Waals surface area contributed by atoms with Crippen LogP contribution in [0.5, 0.6) is 0 Å². The third kappa shape index (κ3) is 2.58. The van der Waals surface area contributed by atoms with E-state index in [4.69, 9.17) is 5.73 Å². The normalized spacial score (nSPS) is 13.1. The summed E-state index contributed by atoms with van der Waals surface area (Å²) < 4.78 is 0. The number of nitrogens with one attached hydrogen (secondary N) is 2. The van der Waals surface area contributed by atoms with Gasteiger partial charge >= 0.3 is 0 Å². The third-order valence-corrected chi connectivity index (χ3v) is 3.63. The number of imidazole rings is 1. The summed E-state index contributed by atoms with van der Waals surface area (Å²) >= 11 is 0. The largest absolute Gasteiger partial charge is 0.399 e. The van der Waals surface area contributed by atoms with E-state index >= 15 is 0 Å². The highest BCUT2D eigenvalue weighted by atomic mass is 15.1. The Morgan fingerprint density at radius 2 is 2.06 bits per heavy atom. The molecule has 4 N–H and O–H groups in total. The van der Waals surface area contributed by atoms with Crippen molar-refractivity contribution >= 4 is 22.7 Å². The van der Waals surface area contributed by atoms with Gasteiger partial charge in [0.1, 0.15) is 0 Å². The molecule has 0 aliphatic rings. The Balaban J connectivity index is 2.16. The molecule has 1 heterocycles. The van der Waals surface area contributed by atoms with Crippen LogP contribution in [0.4, 0.5) is 11.6 Å². The first-order valence-corrected chi connectivity index (χ1v) is 6.65. The second-order valence-corrected chi connectivity index (χ2v) is 4.87. The van der Waals surface area contributed by atoms with E-state index in [0.717, 1.165) is 22.7 Å². The zero-order valence-corrected chi connectivity index (χ0v) is 11.3. The lowest BCUT2D eigenvalue weighted by atomic mass is 9.96. The van der Waals surface area contributed by atoms with Crippen LogP contribution in [0, 0.1) is 5.92 Å². The molecule has 1 aromatic heterocycles. The number of anilines is 2. The zero-order chi connectivity index (χ0) is 13.1. The number of H-pyrrole nitrogens is 1. The van der Waals surface area contributed by atoms with Gasteiger partial charge in [0.15, 0.2) is 0 Å². The van der Waals surface area contributed by atoms with Crippen LogP contribution in [0.1, 0.15) is 33.6 Å². The summed E-state index contributed by atoms with van der Waals surface area (Å²) in [5, 5.41) is 3.45. The van der Waals surface area contributed by atoms with Crippen molar-refractivity contribution in [2.75, 3.05) is 11.1 Å². The average Bonchev–Trinajstić information content (AvgIpc) is 2.71. The molecule has 0 saturated heterocycles. The minimum Gasteiger partial charge on any atom is -0.399 e. The third-order valence-electron chi connectivity index (χ3n) is 3.63. The second kappa shape index (κ2) is 5.29. The van der Waals surface area contributed by atoms with Gasteiger partial charge in [0.05, 0.1) is 11.0 Å². The molecule has 1 unspecified atom stereocenters. The van der Waals surface area contributed by atoms with Gasteiger partial charge in [0, 0.05) is 11.7 Å². The molecule has 1 atom stereocenters. The predicted molar refractivity (Wildman–Crippen MR) is 77.7 cm³/mol. The molecular weight excluding hydrogens is 224 g/mol. The number of rotatable bonds is 5. The Morgan fingerprint density at radius 3 is 2.72 bits per heavy atom. The summed E-state index contributed by atoms with van der Waals surface area (Å²) in [5.41, 5.74) is 8.44. The fourth-order valence-corrected chi connectivity index (χ4v) is 2.42. The molecule has 0 saturated carbocycles. The van der Waals surface area contributed by atoms with Gasteiger partial charge in [-0.2, -0.15) is 0 Å². The number of aromatic amines is 1. The molecule has 1 aromatic carbocycles. The van der Waals surface area contributed by atoms with E-state index in [1.54, 1.807) is 0 Å². The summed E-state index contributed by atoms with van der Waals surface area (Å²) in [6.07, 6.45) is 2.36. The number of benzene rings is 1. The molecule has 4 heteroatoms. The van der Waals surface area contributed by atoms with E-state index in [2.05, 4.69) is 36.1 Å². The van der Waals surface area contributed by atoms with Crippen molar-refractivity contribution in [3.63, 3.8) is 0 Å². The minimum absolute atomic E-state index is 0.415. The quantitative estimate of drug-likeness (QED) is 0.708. The number of nitrogen functional groups attached to an aromatic ring is 1. The van der Waals surface area contributed by atoms with Crippen LogP contribution in [0.3, 0.4) is 0 Å². The first kappa shape index (κ1) is 12.7. The first-order chi connectivity index (χ1) is 8.63. The van der Waals surface area contributed by atoms with E-state index in [1.807, 2.05) is 18.2 Å². The molecule has 0 radical (unpaired) electrons. The lowest BCUT2D eigenvalue weighted by Gasteiger charge is -2.21. The highest BCUT2D eigenvalue weighted by Gasteiger charge is 2.14. The number of hydrogen-bond acceptors (Lipinski definition) is 3. The van der Waals surface area contributed by atoms with Gasteiger partial charge in [-0.15, -0.1) is 0 Å². The van der Waals surface area contributed by atoms with Gasteiger partial charge in [-0.1, -0.05) is 26.7 Å². The molecule has 0 aliphatic heterocycles. The topological polar surface area (TPSA) is 66.7 Å². The van der Waals surface area contributed by atoms with Gasteiger partial charge in [0.2, 0.25) is 5.95 Å². The van der Waals surface area contributed by atoms with Crippen LogP contribution in [-0.2, 0) is 0 Å². The van der Waals surface area contributed by atoms with Crippen molar-refractivity contribution in [3.05, 3.63) is 18.2 Å². The van der Waals surface area contributed by atoms with Gasteiger partial charge in [-0.25, -0.2) is 4.98 Å². The molecule has 2 aromatic rings. The standard InChI is InChI=1S/C14H22N4/c1-4-10(5-2)9(3)16-14-17-12-7-6-11(15)8-13(12)18-14/h6-10H,4-5,15H2,1-3H3,(H2,16,17,18). The lowest BCUT2D eigenvalue weighted by Crippen LogP contribution is -2.25.